The molecule has 3 rings (SSSR count). The van der Waals surface area contributed by atoms with Crippen LogP contribution in [0.2, 0.25) is 5.02 Å². The number of benzene rings is 2. The molecule has 1 N–H and O–H groups in total. The molecule has 0 radical (unpaired) electrons. The predicted molar refractivity (Wildman–Crippen MR) is 94.6 cm³/mol. The third kappa shape index (κ3) is 3.86. The normalized spacial score (nSPS) is 10.4. The van der Waals surface area contributed by atoms with Gasteiger partial charge in [-0.25, -0.2) is 9.37 Å². The topological polar surface area (TPSA) is 90.2 Å². The van der Waals surface area contributed by atoms with Gasteiger partial charge in [0.2, 0.25) is 5.82 Å². The van der Waals surface area contributed by atoms with Crippen molar-refractivity contribution in [2.75, 3.05) is 5.32 Å². The molecule has 0 spiro atoms. The van der Waals surface area contributed by atoms with Crippen LogP contribution in [-0.2, 0) is 0 Å². The summed E-state index contributed by atoms with van der Waals surface area (Å²) < 4.78 is 18.6. The van der Waals surface area contributed by atoms with Crippen LogP contribution in [0, 0.1) is 22.9 Å². The Morgan fingerprint density at radius 2 is 1.92 bits per heavy atom. The number of halogens is 2. The zero-order valence-corrected chi connectivity index (χ0v) is 14.2. The highest BCUT2D eigenvalue weighted by atomic mass is 35.5. The lowest BCUT2D eigenvalue weighted by atomic mass is 10.2. The van der Waals surface area contributed by atoms with Gasteiger partial charge in [-0.3, -0.25) is 10.1 Å². The number of ether oxygens (including phenoxy) is 1. The van der Waals surface area contributed by atoms with Crippen LogP contribution >= 0.6 is 11.6 Å². The average Bonchev–Trinajstić information content (AvgIpc) is 2.60. The highest BCUT2D eigenvalue weighted by Gasteiger charge is 2.25. The zero-order chi connectivity index (χ0) is 18.7. The number of hydrogen-bond acceptors (Lipinski definition) is 6. The second-order valence-corrected chi connectivity index (χ2v) is 5.69. The molecule has 0 aliphatic rings. The lowest BCUT2D eigenvalue weighted by Crippen LogP contribution is -2.03. The quantitative estimate of drug-likeness (QED) is 0.498. The highest BCUT2D eigenvalue weighted by molar-refractivity contribution is 6.31. The highest BCUT2D eigenvalue weighted by Crippen LogP contribution is 2.36. The van der Waals surface area contributed by atoms with E-state index in [1.54, 1.807) is 25.1 Å². The van der Waals surface area contributed by atoms with Gasteiger partial charge in [-0.2, -0.15) is 4.98 Å². The molecule has 0 aliphatic heterocycles. The number of rotatable bonds is 5. The van der Waals surface area contributed by atoms with Crippen molar-refractivity contribution < 1.29 is 14.1 Å². The van der Waals surface area contributed by atoms with E-state index in [0.717, 1.165) is 11.9 Å². The van der Waals surface area contributed by atoms with E-state index >= 15 is 0 Å². The van der Waals surface area contributed by atoms with Crippen LogP contribution in [0.25, 0.3) is 0 Å². The Kier molecular flexibility index (Phi) is 4.94. The van der Waals surface area contributed by atoms with E-state index in [9.17, 15) is 14.5 Å². The number of nitro groups is 1. The molecule has 0 aliphatic carbocycles. The Hall–Kier alpha value is -3.26. The Morgan fingerprint density at radius 1 is 1.19 bits per heavy atom. The molecule has 1 heterocycles. The number of hydrogen-bond donors (Lipinski definition) is 1. The summed E-state index contributed by atoms with van der Waals surface area (Å²) in [6.45, 7) is 1.78. The van der Waals surface area contributed by atoms with E-state index in [2.05, 4.69) is 15.3 Å². The summed E-state index contributed by atoms with van der Waals surface area (Å²) in [5.74, 6) is -0.370. The van der Waals surface area contributed by atoms with Crippen molar-refractivity contribution in [3.05, 3.63) is 75.3 Å². The number of anilines is 2. The maximum absolute atomic E-state index is 13.0. The second-order valence-electron chi connectivity index (χ2n) is 5.28. The molecule has 7 nitrogen and oxygen atoms in total. The lowest BCUT2D eigenvalue weighted by Gasteiger charge is -2.10. The SMILES string of the molecule is Cc1cc(Oc2ncnc(Nc3ccc(F)cc3)c2[N+](=O)[O-])ccc1Cl. The summed E-state index contributed by atoms with van der Waals surface area (Å²) in [7, 11) is 0. The van der Waals surface area contributed by atoms with E-state index < -0.39 is 16.4 Å². The summed E-state index contributed by atoms with van der Waals surface area (Å²) >= 11 is 5.97. The minimum Gasteiger partial charge on any atom is -0.434 e. The van der Waals surface area contributed by atoms with E-state index in [-0.39, 0.29) is 11.7 Å². The first-order chi connectivity index (χ1) is 12.4. The van der Waals surface area contributed by atoms with Gasteiger partial charge in [0, 0.05) is 10.7 Å². The molecule has 0 fully saturated rings. The summed E-state index contributed by atoms with van der Waals surface area (Å²) in [6.07, 6.45) is 1.14. The Balaban J connectivity index is 1.96. The van der Waals surface area contributed by atoms with Crippen molar-refractivity contribution in [3.63, 3.8) is 0 Å². The van der Waals surface area contributed by atoms with Crippen LogP contribution in [0.15, 0.2) is 48.8 Å². The molecular weight excluding hydrogens is 363 g/mol. The molecule has 1 aromatic heterocycles. The Labute approximate surface area is 152 Å². The van der Waals surface area contributed by atoms with Crippen LogP contribution < -0.4 is 10.1 Å². The van der Waals surface area contributed by atoms with Gasteiger partial charge in [-0.1, -0.05) is 11.6 Å². The fraction of sp³-hybridized carbons (Fsp3) is 0.0588. The van der Waals surface area contributed by atoms with Gasteiger partial charge in [0.05, 0.1) is 4.92 Å². The minimum absolute atomic E-state index is 0.0720. The van der Waals surface area contributed by atoms with Crippen LogP contribution in [-0.4, -0.2) is 14.9 Å². The van der Waals surface area contributed by atoms with Gasteiger partial charge in [-0.15, -0.1) is 0 Å². The van der Waals surface area contributed by atoms with Crippen molar-refractivity contribution >= 4 is 28.8 Å². The van der Waals surface area contributed by atoms with Crippen LogP contribution in [0.3, 0.4) is 0 Å². The second kappa shape index (κ2) is 7.32. The summed E-state index contributed by atoms with van der Waals surface area (Å²) in [6, 6.07) is 10.2. The van der Waals surface area contributed by atoms with E-state index in [0.29, 0.717) is 16.5 Å². The van der Waals surface area contributed by atoms with Crippen molar-refractivity contribution in [3.8, 4) is 11.6 Å². The smallest absolute Gasteiger partial charge is 0.373 e. The summed E-state index contributed by atoms with van der Waals surface area (Å²) in [5, 5.41) is 14.8. The molecule has 0 amide bonds. The Bertz CT molecular complexity index is 967. The summed E-state index contributed by atoms with van der Waals surface area (Å²) in [4.78, 5) is 18.6. The average molecular weight is 375 g/mol. The zero-order valence-electron chi connectivity index (χ0n) is 13.4. The van der Waals surface area contributed by atoms with E-state index in [4.69, 9.17) is 16.3 Å². The number of aryl methyl sites for hydroxylation is 1. The van der Waals surface area contributed by atoms with Gasteiger partial charge in [0.1, 0.15) is 17.9 Å². The molecule has 132 valence electrons. The molecule has 0 unspecified atom stereocenters. The number of aromatic nitrogens is 2. The third-order valence-electron chi connectivity index (χ3n) is 3.42. The van der Waals surface area contributed by atoms with Crippen molar-refractivity contribution in [1.82, 2.24) is 9.97 Å². The molecule has 9 heteroatoms. The fourth-order valence-electron chi connectivity index (χ4n) is 2.16. The number of nitrogens with zero attached hydrogens (tertiary/aromatic N) is 3. The Morgan fingerprint density at radius 3 is 2.58 bits per heavy atom. The van der Waals surface area contributed by atoms with Crippen molar-refractivity contribution in [1.29, 1.82) is 0 Å². The van der Waals surface area contributed by atoms with Gasteiger partial charge in [0.15, 0.2) is 0 Å². The van der Waals surface area contributed by atoms with Gasteiger partial charge in [-0.05, 0) is 55.0 Å². The fourth-order valence-corrected chi connectivity index (χ4v) is 2.27. The predicted octanol–water partition coefficient (Wildman–Crippen LogP) is 5.02. The standard InChI is InChI=1S/C17H12ClFN4O3/c1-10-8-13(6-7-14(10)18)26-17-15(23(24)25)16(20-9-21-17)22-12-4-2-11(19)3-5-12/h2-9H,1H3,(H,20,21,22). The monoisotopic (exact) mass is 374 g/mol. The van der Waals surface area contributed by atoms with Crippen LogP contribution in [0.4, 0.5) is 21.6 Å². The van der Waals surface area contributed by atoms with Crippen LogP contribution in [0.1, 0.15) is 5.56 Å². The van der Waals surface area contributed by atoms with Gasteiger partial charge < -0.3 is 10.1 Å². The molecule has 0 bridgehead atoms. The number of nitrogens with one attached hydrogen (secondary N) is 1. The maximum Gasteiger partial charge on any atom is 0.373 e. The minimum atomic E-state index is -0.649. The summed E-state index contributed by atoms with van der Waals surface area (Å²) in [5.41, 5.74) is 0.747. The lowest BCUT2D eigenvalue weighted by molar-refractivity contribution is -0.385. The van der Waals surface area contributed by atoms with Crippen molar-refractivity contribution in [2.24, 2.45) is 0 Å². The first-order valence-electron chi connectivity index (χ1n) is 7.40. The third-order valence-corrected chi connectivity index (χ3v) is 3.85. The molecule has 0 atom stereocenters. The largest absolute Gasteiger partial charge is 0.434 e. The molecule has 0 saturated heterocycles. The van der Waals surface area contributed by atoms with Gasteiger partial charge >= 0.3 is 11.6 Å². The van der Waals surface area contributed by atoms with Crippen LogP contribution in [0.5, 0.6) is 11.6 Å². The molecule has 26 heavy (non-hydrogen) atoms. The molecular formula is C17H12ClFN4O3. The first-order valence-corrected chi connectivity index (χ1v) is 7.78. The van der Waals surface area contributed by atoms with Gasteiger partial charge in [0.25, 0.3) is 0 Å². The molecule has 2 aromatic carbocycles. The molecule has 3 aromatic rings. The maximum atomic E-state index is 13.0. The van der Waals surface area contributed by atoms with E-state index in [1.807, 2.05) is 0 Å². The molecule has 0 saturated carbocycles. The first kappa shape index (κ1) is 17.6. The van der Waals surface area contributed by atoms with E-state index in [1.165, 1.54) is 24.3 Å². The van der Waals surface area contributed by atoms with Crippen molar-refractivity contribution in [2.45, 2.75) is 6.92 Å².